The molecule has 0 spiro atoms. The highest BCUT2D eigenvalue weighted by atomic mass is 32.1. The number of hydrogen-bond acceptors (Lipinski definition) is 5. The Labute approximate surface area is 139 Å². The van der Waals surface area contributed by atoms with Gasteiger partial charge in [0, 0.05) is 24.0 Å². The predicted molar refractivity (Wildman–Crippen MR) is 89.9 cm³/mol. The summed E-state index contributed by atoms with van der Waals surface area (Å²) in [4.78, 5) is 18.5. The second-order valence-electron chi connectivity index (χ2n) is 5.60. The Balaban J connectivity index is 1.70. The zero-order valence-electron chi connectivity index (χ0n) is 13.1. The van der Waals surface area contributed by atoms with Crippen molar-refractivity contribution < 1.29 is 14.6 Å². The third-order valence-corrected chi connectivity index (χ3v) is 4.64. The zero-order chi connectivity index (χ0) is 16.2. The number of ether oxygens (including phenoxy) is 1. The summed E-state index contributed by atoms with van der Waals surface area (Å²) in [5, 5.41) is 12.1. The number of rotatable bonds is 5. The van der Waals surface area contributed by atoms with Gasteiger partial charge in [0.2, 0.25) is 0 Å². The second kappa shape index (κ2) is 7.10. The van der Waals surface area contributed by atoms with Gasteiger partial charge in [-0.25, -0.2) is 4.98 Å². The number of nitrogens with zero attached hydrogens (tertiary/aromatic N) is 2. The van der Waals surface area contributed by atoms with E-state index >= 15 is 0 Å². The van der Waals surface area contributed by atoms with Gasteiger partial charge in [-0.1, -0.05) is 6.92 Å². The van der Waals surface area contributed by atoms with E-state index in [2.05, 4.69) is 11.9 Å². The van der Waals surface area contributed by atoms with Gasteiger partial charge in [-0.05, 0) is 37.1 Å². The fraction of sp³-hybridized carbons (Fsp3) is 0.412. The van der Waals surface area contributed by atoms with Crippen molar-refractivity contribution in [2.24, 2.45) is 0 Å². The van der Waals surface area contributed by atoms with Gasteiger partial charge in [-0.15, -0.1) is 11.3 Å². The van der Waals surface area contributed by atoms with Crippen molar-refractivity contribution in [1.29, 1.82) is 0 Å². The van der Waals surface area contributed by atoms with Crippen LogP contribution in [0.1, 0.15) is 30.3 Å². The fourth-order valence-electron chi connectivity index (χ4n) is 2.51. The van der Waals surface area contributed by atoms with Gasteiger partial charge in [-0.2, -0.15) is 0 Å². The largest absolute Gasteiger partial charge is 0.494 e. The van der Waals surface area contributed by atoms with E-state index in [4.69, 9.17) is 4.74 Å². The smallest absolute Gasteiger partial charge is 0.273 e. The highest BCUT2D eigenvalue weighted by Crippen LogP contribution is 2.26. The summed E-state index contributed by atoms with van der Waals surface area (Å²) < 4.78 is 5.57. The predicted octanol–water partition coefficient (Wildman–Crippen LogP) is 2.81. The van der Waals surface area contributed by atoms with Crippen molar-refractivity contribution in [3.8, 4) is 16.3 Å². The van der Waals surface area contributed by atoms with Crippen LogP contribution in [0.15, 0.2) is 29.6 Å². The number of hydrogen-bond donors (Lipinski definition) is 1. The van der Waals surface area contributed by atoms with E-state index < -0.39 is 6.10 Å². The van der Waals surface area contributed by atoms with Gasteiger partial charge in [-0.3, -0.25) is 4.79 Å². The minimum absolute atomic E-state index is 0.105. The molecule has 23 heavy (non-hydrogen) atoms. The van der Waals surface area contributed by atoms with E-state index in [1.807, 2.05) is 24.3 Å². The average Bonchev–Trinajstić information content (AvgIpc) is 3.22. The third kappa shape index (κ3) is 3.71. The van der Waals surface area contributed by atoms with E-state index in [0.717, 1.165) is 22.7 Å². The number of β-amino-alcohol motifs (C(OH)–C–C–N with tert-alkyl or cyclic N) is 1. The number of likely N-dealkylation sites (tertiary alicyclic amines) is 1. The van der Waals surface area contributed by atoms with E-state index in [-0.39, 0.29) is 5.91 Å². The molecule has 1 saturated heterocycles. The van der Waals surface area contributed by atoms with Crippen LogP contribution in [0.4, 0.5) is 0 Å². The highest BCUT2D eigenvalue weighted by molar-refractivity contribution is 7.13. The molecule has 1 N–H and O–H groups in total. The highest BCUT2D eigenvalue weighted by Gasteiger charge is 2.26. The standard InChI is InChI=1S/C17H20N2O3S/c1-2-9-22-14-5-3-12(4-6-14)16-18-15(11-23-16)17(21)19-8-7-13(20)10-19/h3-6,11,13,20H,2,7-10H2,1H3/t13-/m1/s1. The lowest BCUT2D eigenvalue weighted by Gasteiger charge is -2.13. The molecule has 1 fully saturated rings. The molecule has 2 aromatic rings. The second-order valence-corrected chi connectivity index (χ2v) is 6.46. The van der Waals surface area contributed by atoms with Crippen LogP contribution >= 0.6 is 11.3 Å². The third-order valence-electron chi connectivity index (χ3n) is 3.75. The molecule has 0 aliphatic carbocycles. The lowest BCUT2D eigenvalue weighted by atomic mass is 10.2. The first-order chi connectivity index (χ1) is 11.2. The Morgan fingerprint density at radius 3 is 2.87 bits per heavy atom. The summed E-state index contributed by atoms with van der Waals surface area (Å²) in [5.74, 6) is 0.737. The number of aliphatic hydroxyl groups is 1. The summed E-state index contributed by atoms with van der Waals surface area (Å²) in [6.07, 6.45) is 1.21. The maximum Gasteiger partial charge on any atom is 0.273 e. The SMILES string of the molecule is CCCOc1ccc(-c2nc(C(=O)N3CC[C@@H](O)C3)cs2)cc1. The molecule has 122 valence electrons. The van der Waals surface area contributed by atoms with E-state index in [1.165, 1.54) is 11.3 Å². The van der Waals surface area contributed by atoms with Crippen molar-refractivity contribution in [2.45, 2.75) is 25.9 Å². The molecule has 1 aliphatic rings. The van der Waals surface area contributed by atoms with Crippen LogP contribution in [0.5, 0.6) is 5.75 Å². The Morgan fingerprint density at radius 2 is 2.22 bits per heavy atom. The molecule has 0 saturated carbocycles. The number of aliphatic hydroxyl groups excluding tert-OH is 1. The molecule has 1 aliphatic heterocycles. The Morgan fingerprint density at radius 1 is 1.43 bits per heavy atom. The fourth-order valence-corrected chi connectivity index (χ4v) is 3.31. The van der Waals surface area contributed by atoms with Crippen LogP contribution in [0.3, 0.4) is 0 Å². The quantitative estimate of drug-likeness (QED) is 0.914. The molecule has 3 rings (SSSR count). The lowest BCUT2D eigenvalue weighted by Crippen LogP contribution is -2.29. The molecule has 1 amide bonds. The molecule has 2 heterocycles. The summed E-state index contributed by atoms with van der Waals surface area (Å²) in [6.45, 7) is 3.77. The Bertz CT molecular complexity index is 669. The molecule has 1 aromatic carbocycles. The Kier molecular flexibility index (Phi) is 4.93. The number of benzene rings is 1. The molecule has 1 atom stereocenters. The molecule has 5 nitrogen and oxygen atoms in total. The topological polar surface area (TPSA) is 62.7 Å². The molecular formula is C17H20N2O3S. The van der Waals surface area contributed by atoms with Crippen molar-refractivity contribution in [3.63, 3.8) is 0 Å². The molecule has 6 heteroatoms. The van der Waals surface area contributed by atoms with E-state index in [1.54, 1.807) is 10.3 Å². The zero-order valence-corrected chi connectivity index (χ0v) is 13.9. The number of aromatic nitrogens is 1. The summed E-state index contributed by atoms with van der Waals surface area (Å²) in [6, 6.07) is 7.75. The van der Waals surface area contributed by atoms with Gasteiger partial charge in [0.25, 0.3) is 5.91 Å². The Hall–Kier alpha value is -1.92. The van der Waals surface area contributed by atoms with Gasteiger partial charge in [0.15, 0.2) is 0 Å². The first-order valence-electron chi connectivity index (χ1n) is 7.83. The summed E-state index contributed by atoms with van der Waals surface area (Å²) in [5.41, 5.74) is 1.42. The molecule has 0 bridgehead atoms. The average molecular weight is 332 g/mol. The number of amides is 1. The van der Waals surface area contributed by atoms with E-state index in [9.17, 15) is 9.90 Å². The minimum atomic E-state index is -0.410. The first-order valence-corrected chi connectivity index (χ1v) is 8.71. The van der Waals surface area contributed by atoms with Gasteiger partial charge in [0.1, 0.15) is 16.5 Å². The maximum atomic E-state index is 12.3. The van der Waals surface area contributed by atoms with Gasteiger partial charge >= 0.3 is 0 Å². The summed E-state index contributed by atoms with van der Waals surface area (Å²) in [7, 11) is 0. The molecular weight excluding hydrogens is 312 g/mol. The van der Waals surface area contributed by atoms with Crippen molar-refractivity contribution in [2.75, 3.05) is 19.7 Å². The van der Waals surface area contributed by atoms with Crippen LogP contribution in [0, 0.1) is 0 Å². The van der Waals surface area contributed by atoms with Crippen LogP contribution < -0.4 is 4.74 Å². The maximum absolute atomic E-state index is 12.3. The van der Waals surface area contributed by atoms with Crippen LogP contribution in [0.2, 0.25) is 0 Å². The van der Waals surface area contributed by atoms with Gasteiger partial charge < -0.3 is 14.7 Å². The van der Waals surface area contributed by atoms with Gasteiger partial charge in [0.05, 0.1) is 12.7 Å². The number of carbonyl (C=O) groups is 1. The van der Waals surface area contributed by atoms with Crippen molar-refractivity contribution in [1.82, 2.24) is 9.88 Å². The lowest BCUT2D eigenvalue weighted by molar-refractivity contribution is 0.0760. The van der Waals surface area contributed by atoms with Crippen LogP contribution in [-0.2, 0) is 0 Å². The molecule has 0 unspecified atom stereocenters. The van der Waals surface area contributed by atoms with Crippen LogP contribution in [0.25, 0.3) is 10.6 Å². The summed E-state index contributed by atoms with van der Waals surface area (Å²) >= 11 is 1.45. The van der Waals surface area contributed by atoms with Crippen molar-refractivity contribution in [3.05, 3.63) is 35.3 Å². The minimum Gasteiger partial charge on any atom is -0.494 e. The van der Waals surface area contributed by atoms with Crippen LogP contribution in [-0.4, -0.2) is 46.7 Å². The normalized spacial score (nSPS) is 17.5. The number of thiazole rings is 1. The molecule has 1 aromatic heterocycles. The molecule has 0 radical (unpaired) electrons. The van der Waals surface area contributed by atoms with Crippen molar-refractivity contribution >= 4 is 17.2 Å². The monoisotopic (exact) mass is 332 g/mol. The number of carbonyl (C=O) groups excluding carboxylic acids is 1. The first kappa shape index (κ1) is 16.0. The van der Waals surface area contributed by atoms with E-state index in [0.29, 0.717) is 31.8 Å².